The lowest BCUT2D eigenvalue weighted by Gasteiger charge is -2.30. The lowest BCUT2D eigenvalue weighted by atomic mass is 9.83. The fraction of sp³-hybridized carbons (Fsp3) is 0.467. The molecule has 114 valence electrons. The van der Waals surface area contributed by atoms with Gasteiger partial charge in [0.15, 0.2) is 5.84 Å². The number of halogens is 1. The molecule has 1 unspecified atom stereocenters. The molecule has 21 heavy (non-hydrogen) atoms. The second-order valence-corrected chi connectivity index (χ2v) is 5.38. The van der Waals surface area contributed by atoms with E-state index in [1.54, 1.807) is 0 Å². The lowest BCUT2D eigenvalue weighted by Crippen LogP contribution is -2.49. The van der Waals surface area contributed by atoms with E-state index in [-0.39, 0.29) is 17.7 Å². The van der Waals surface area contributed by atoms with E-state index in [0.29, 0.717) is 5.56 Å². The number of amides is 1. The van der Waals surface area contributed by atoms with Gasteiger partial charge in [-0.25, -0.2) is 4.39 Å². The Kier molecular flexibility index (Phi) is 5.14. The summed E-state index contributed by atoms with van der Waals surface area (Å²) in [6.07, 6.45) is 5.19. The first-order chi connectivity index (χ1) is 10.1. The van der Waals surface area contributed by atoms with E-state index in [1.165, 1.54) is 30.7 Å². The zero-order valence-electron chi connectivity index (χ0n) is 11.8. The molecule has 0 saturated heterocycles. The molecule has 1 amide bonds. The molecule has 1 aromatic carbocycles. The minimum Gasteiger partial charge on any atom is -0.409 e. The second kappa shape index (κ2) is 7.06. The third-order valence-corrected chi connectivity index (χ3v) is 3.95. The molecule has 2 rings (SSSR count). The van der Waals surface area contributed by atoms with Crippen molar-refractivity contribution in [2.75, 3.05) is 0 Å². The maximum atomic E-state index is 12.9. The standard InChI is InChI=1S/C15H20FN3O2/c16-12-8-6-11(7-9-12)15(20)18-13(14(17)19-21)10-4-2-1-3-5-10/h6-10,13,21H,1-5H2,(H2,17,19)(H,18,20). The third-order valence-electron chi connectivity index (χ3n) is 3.95. The minimum absolute atomic E-state index is 0.0114. The molecule has 0 aliphatic heterocycles. The SMILES string of the molecule is N/C(=N\O)C(NC(=O)c1ccc(F)cc1)C1CCCCC1. The van der Waals surface area contributed by atoms with Gasteiger partial charge in [0.2, 0.25) is 0 Å². The summed E-state index contributed by atoms with van der Waals surface area (Å²) < 4.78 is 12.9. The Balaban J connectivity index is 2.10. The van der Waals surface area contributed by atoms with E-state index < -0.39 is 11.9 Å². The van der Waals surface area contributed by atoms with Crippen molar-refractivity contribution in [3.8, 4) is 0 Å². The van der Waals surface area contributed by atoms with E-state index in [2.05, 4.69) is 10.5 Å². The van der Waals surface area contributed by atoms with Crippen molar-refractivity contribution in [3.05, 3.63) is 35.6 Å². The Morgan fingerprint density at radius 3 is 2.48 bits per heavy atom. The Labute approximate surface area is 123 Å². The average Bonchev–Trinajstić information content (AvgIpc) is 2.53. The van der Waals surface area contributed by atoms with Crippen molar-refractivity contribution in [2.24, 2.45) is 16.8 Å². The summed E-state index contributed by atoms with van der Waals surface area (Å²) in [6.45, 7) is 0. The zero-order chi connectivity index (χ0) is 15.2. The van der Waals surface area contributed by atoms with Gasteiger partial charge in [0, 0.05) is 5.56 Å². The van der Waals surface area contributed by atoms with Crippen LogP contribution in [0.4, 0.5) is 4.39 Å². The molecule has 4 N–H and O–H groups in total. The van der Waals surface area contributed by atoms with Gasteiger partial charge >= 0.3 is 0 Å². The molecule has 1 aromatic rings. The molecule has 0 aromatic heterocycles. The third kappa shape index (κ3) is 3.93. The van der Waals surface area contributed by atoms with Crippen LogP contribution in [0.25, 0.3) is 0 Å². The predicted octanol–water partition coefficient (Wildman–Crippen LogP) is 2.25. The van der Waals surface area contributed by atoms with Crippen LogP contribution < -0.4 is 11.1 Å². The normalized spacial score (nSPS) is 18.2. The van der Waals surface area contributed by atoms with E-state index in [1.807, 2.05) is 0 Å². The molecule has 0 radical (unpaired) electrons. The van der Waals surface area contributed by atoms with Crippen LogP contribution in [0.3, 0.4) is 0 Å². The summed E-state index contributed by atoms with van der Waals surface area (Å²) in [7, 11) is 0. The zero-order valence-corrected chi connectivity index (χ0v) is 11.8. The first-order valence-corrected chi connectivity index (χ1v) is 7.15. The first-order valence-electron chi connectivity index (χ1n) is 7.15. The van der Waals surface area contributed by atoms with Gasteiger partial charge < -0.3 is 16.3 Å². The summed E-state index contributed by atoms with van der Waals surface area (Å²) in [4.78, 5) is 12.2. The number of hydrogen-bond donors (Lipinski definition) is 3. The maximum Gasteiger partial charge on any atom is 0.251 e. The Hall–Kier alpha value is -2.11. The number of hydrogen-bond acceptors (Lipinski definition) is 3. The molecule has 1 atom stereocenters. The van der Waals surface area contributed by atoms with Crippen LogP contribution >= 0.6 is 0 Å². The Morgan fingerprint density at radius 1 is 1.29 bits per heavy atom. The summed E-state index contributed by atoms with van der Waals surface area (Å²) >= 11 is 0. The van der Waals surface area contributed by atoms with Gasteiger partial charge in [-0.1, -0.05) is 24.4 Å². The van der Waals surface area contributed by atoms with Crippen molar-refractivity contribution in [1.82, 2.24) is 5.32 Å². The fourth-order valence-electron chi connectivity index (χ4n) is 2.79. The summed E-state index contributed by atoms with van der Waals surface area (Å²) in [5, 5.41) is 14.8. The number of oxime groups is 1. The number of amidine groups is 1. The molecule has 1 aliphatic rings. The monoisotopic (exact) mass is 293 g/mol. The van der Waals surface area contributed by atoms with Crippen LogP contribution in [0, 0.1) is 11.7 Å². The summed E-state index contributed by atoms with van der Waals surface area (Å²) in [5.41, 5.74) is 6.07. The second-order valence-electron chi connectivity index (χ2n) is 5.38. The largest absolute Gasteiger partial charge is 0.409 e. The van der Waals surface area contributed by atoms with Crippen molar-refractivity contribution >= 4 is 11.7 Å². The molecule has 0 spiro atoms. The van der Waals surface area contributed by atoms with Gasteiger partial charge in [-0.05, 0) is 43.0 Å². The van der Waals surface area contributed by atoms with E-state index in [4.69, 9.17) is 10.9 Å². The molecule has 1 aliphatic carbocycles. The van der Waals surface area contributed by atoms with Crippen molar-refractivity contribution < 1.29 is 14.4 Å². The van der Waals surface area contributed by atoms with Gasteiger partial charge in [-0.2, -0.15) is 0 Å². The average molecular weight is 293 g/mol. The maximum absolute atomic E-state index is 12.9. The highest BCUT2D eigenvalue weighted by Crippen LogP contribution is 2.26. The van der Waals surface area contributed by atoms with Crippen LogP contribution in [0.5, 0.6) is 0 Å². The quantitative estimate of drug-likeness (QED) is 0.344. The first kappa shape index (κ1) is 15.3. The van der Waals surface area contributed by atoms with Crippen LogP contribution in [0.15, 0.2) is 29.4 Å². The highest BCUT2D eigenvalue weighted by Gasteiger charge is 2.28. The molecular weight excluding hydrogens is 273 g/mol. The van der Waals surface area contributed by atoms with Gasteiger partial charge in [-0.15, -0.1) is 0 Å². The van der Waals surface area contributed by atoms with Crippen molar-refractivity contribution in [3.63, 3.8) is 0 Å². The van der Waals surface area contributed by atoms with Gasteiger partial charge in [0.05, 0.1) is 6.04 Å². The van der Waals surface area contributed by atoms with Crippen LogP contribution in [-0.4, -0.2) is 23.0 Å². The van der Waals surface area contributed by atoms with Gasteiger partial charge in [0.1, 0.15) is 5.82 Å². The molecular formula is C15H20FN3O2. The van der Waals surface area contributed by atoms with E-state index in [9.17, 15) is 9.18 Å². The number of benzene rings is 1. The molecule has 5 nitrogen and oxygen atoms in total. The summed E-state index contributed by atoms with van der Waals surface area (Å²) in [6, 6.07) is 4.79. The van der Waals surface area contributed by atoms with Crippen LogP contribution in [-0.2, 0) is 0 Å². The van der Waals surface area contributed by atoms with Crippen molar-refractivity contribution in [1.29, 1.82) is 0 Å². The molecule has 0 bridgehead atoms. The molecule has 1 fully saturated rings. The van der Waals surface area contributed by atoms with Crippen LogP contribution in [0.2, 0.25) is 0 Å². The number of nitrogens with two attached hydrogens (primary N) is 1. The molecule has 0 heterocycles. The Bertz CT molecular complexity index is 510. The fourth-order valence-corrected chi connectivity index (χ4v) is 2.79. The highest BCUT2D eigenvalue weighted by molar-refractivity contribution is 5.98. The predicted molar refractivity (Wildman–Crippen MR) is 77.6 cm³/mol. The lowest BCUT2D eigenvalue weighted by molar-refractivity contribution is 0.0930. The molecule has 1 saturated carbocycles. The van der Waals surface area contributed by atoms with Gasteiger partial charge in [0.25, 0.3) is 5.91 Å². The summed E-state index contributed by atoms with van der Waals surface area (Å²) in [5.74, 6) is -0.569. The smallest absolute Gasteiger partial charge is 0.251 e. The number of carbonyl (C=O) groups is 1. The van der Waals surface area contributed by atoms with Crippen molar-refractivity contribution in [2.45, 2.75) is 38.1 Å². The number of carbonyl (C=O) groups excluding carboxylic acids is 1. The number of rotatable bonds is 4. The van der Waals surface area contributed by atoms with E-state index in [0.717, 1.165) is 25.7 Å². The minimum atomic E-state index is -0.493. The number of nitrogens with zero attached hydrogens (tertiary/aromatic N) is 1. The highest BCUT2D eigenvalue weighted by atomic mass is 19.1. The molecule has 6 heteroatoms. The number of nitrogens with one attached hydrogen (secondary N) is 1. The topological polar surface area (TPSA) is 87.7 Å². The van der Waals surface area contributed by atoms with E-state index >= 15 is 0 Å². The Morgan fingerprint density at radius 2 is 1.90 bits per heavy atom. The van der Waals surface area contributed by atoms with Crippen LogP contribution in [0.1, 0.15) is 42.5 Å². The van der Waals surface area contributed by atoms with Gasteiger partial charge in [-0.3, -0.25) is 4.79 Å².